The number of rotatable bonds is 8. The summed E-state index contributed by atoms with van der Waals surface area (Å²) in [6.07, 6.45) is -5.89. The highest BCUT2D eigenvalue weighted by atomic mass is 32.2. The molecule has 3 aromatic carbocycles. The van der Waals surface area contributed by atoms with E-state index in [1.165, 1.54) is 42.6 Å². The normalized spacial score (nSPS) is 18.7. The largest absolute Gasteiger partial charge is 0.445 e. The molecule has 14 nitrogen and oxygen atoms in total. The van der Waals surface area contributed by atoms with E-state index in [4.69, 9.17) is 13.9 Å². The van der Waals surface area contributed by atoms with E-state index in [9.17, 15) is 36.0 Å². The number of hydrogen-bond donors (Lipinski definition) is 1. The standard InChI is InChI=1S/C42H39F5N6O8S/c1-40(2,3)61-38(55)49-32-23-62(57,58)34-16-12-28(17-33(34)53(37(32)54)20-26-9-15-31(48-19-26)27-10-13-30(14-11-27)42(45,46)47)35-50-51-36(60-35)29-18-41(43,44)24-52(21-29)39(56)59-22-25-7-5-4-6-8-25/h4-17,19,29,32H,18,20-24H2,1-3H3,(H,49,55)/t29?,32-/m0/s1. The van der Waals surface area contributed by atoms with Gasteiger partial charge >= 0.3 is 18.4 Å². The van der Waals surface area contributed by atoms with Crippen molar-refractivity contribution in [2.75, 3.05) is 23.7 Å². The first-order valence-electron chi connectivity index (χ1n) is 19.1. The molecule has 0 bridgehead atoms. The first-order valence-corrected chi connectivity index (χ1v) is 20.8. The van der Waals surface area contributed by atoms with Crippen LogP contribution < -0.4 is 10.2 Å². The zero-order valence-electron chi connectivity index (χ0n) is 33.4. The van der Waals surface area contributed by atoms with E-state index in [0.717, 1.165) is 21.9 Å². The summed E-state index contributed by atoms with van der Waals surface area (Å²) in [7, 11) is -4.32. The van der Waals surface area contributed by atoms with Crippen LogP contribution in [0.15, 0.2) is 100 Å². The number of anilines is 1. The number of alkyl halides is 5. The van der Waals surface area contributed by atoms with Crippen molar-refractivity contribution in [3.63, 3.8) is 0 Å². The van der Waals surface area contributed by atoms with E-state index in [1.54, 1.807) is 57.2 Å². The van der Waals surface area contributed by atoms with Gasteiger partial charge in [0.1, 0.15) is 18.2 Å². The summed E-state index contributed by atoms with van der Waals surface area (Å²) in [5, 5.41) is 10.4. The third-order valence-electron chi connectivity index (χ3n) is 9.81. The number of hydrogen-bond acceptors (Lipinski definition) is 11. The number of pyridine rings is 1. The molecular formula is C42H39F5N6O8S. The van der Waals surface area contributed by atoms with E-state index in [0.29, 0.717) is 22.4 Å². The van der Waals surface area contributed by atoms with Crippen molar-refractivity contribution in [1.29, 1.82) is 0 Å². The second-order valence-electron chi connectivity index (χ2n) is 15.8. The lowest BCUT2D eigenvalue weighted by atomic mass is 9.95. The molecule has 3 amide bonds. The SMILES string of the molecule is CC(C)(C)OC(=O)N[C@H]1CS(=O)(=O)c2ccc(-c3nnc(C4CN(C(=O)OCc5ccccc5)CC(F)(F)C4)o3)cc2N(Cc2ccc(-c3ccc(C(F)(F)F)cc3)nc2)C1=O. The lowest BCUT2D eigenvalue weighted by Gasteiger charge is -2.35. The second-order valence-corrected chi connectivity index (χ2v) is 17.8. The first-order chi connectivity index (χ1) is 29.1. The van der Waals surface area contributed by atoms with Crippen LogP contribution in [0.1, 0.15) is 55.7 Å². The quantitative estimate of drug-likeness (QED) is 0.151. The molecule has 1 N–H and O–H groups in total. The molecule has 1 saturated heterocycles. The fraction of sp³-hybridized carbons (Fsp3) is 0.333. The van der Waals surface area contributed by atoms with Crippen molar-refractivity contribution in [1.82, 2.24) is 25.4 Å². The zero-order chi connectivity index (χ0) is 44.6. The molecule has 2 aromatic heterocycles. The maximum atomic E-state index is 15.0. The minimum Gasteiger partial charge on any atom is -0.445 e. The van der Waals surface area contributed by atoms with Crippen LogP contribution >= 0.6 is 0 Å². The number of nitrogens with one attached hydrogen (secondary N) is 1. The molecule has 20 heteroatoms. The van der Waals surface area contributed by atoms with Crippen molar-refractivity contribution in [3.05, 3.63) is 114 Å². The number of amides is 3. The molecule has 0 radical (unpaired) electrons. The molecule has 2 atom stereocenters. The number of likely N-dealkylation sites (tertiary alicyclic amines) is 1. The Bertz CT molecular complexity index is 2570. The number of ether oxygens (including phenoxy) is 2. The number of benzene rings is 3. The number of fused-ring (bicyclic) bond motifs is 1. The molecule has 2 aliphatic heterocycles. The number of piperidine rings is 1. The predicted molar refractivity (Wildman–Crippen MR) is 211 cm³/mol. The van der Waals surface area contributed by atoms with Gasteiger partial charge in [-0.05, 0) is 68.3 Å². The van der Waals surface area contributed by atoms with Crippen molar-refractivity contribution in [3.8, 4) is 22.7 Å². The Morgan fingerprint density at radius 1 is 0.935 bits per heavy atom. The highest BCUT2D eigenvalue weighted by Gasteiger charge is 2.45. The van der Waals surface area contributed by atoms with Crippen LogP contribution in [0.3, 0.4) is 0 Å². The fourth-order valence-electron chi connectivity index (χ4n) is 6.96. The third-order valence-corrected chi connectivity index (χ3v) is 11.6. The van der Waals surface area contributed by atoms with Gasteiger partial charge in [-0.15, -0.1) is 10.2 Å². The van der Waals surface area contributed by atoms with Gasteiger partial charge in [-0.25, -0.2) is 26.8 Å². The zero-order valence-corrected chi connectivity index (χ0v) is 34.2. The maximum Gasteiger partial charge on any atom is 0.416 e. The Morgan fingerprint density at radius 3 is 2.31 bits per heavy atom. The van der Waals surface area contributed by atoms with E-state index < -0.39 is 81.9 Å². The Morgan fingerprint density at radius 2 is 1.65 bits per heavy atom. The Kier molecular flexibility index (Phi) is 11.8. The molecule has 62 heavy (non-hydrogen) atoms. The first kappa shape index (κ1) is 43.6. The molecule has 1 fully saturated rings. The van der Waals surface area contributed by atoms with Gasteiger partial charge in [-0.3, -0.25) is 9.78 Å². The van der Waals surface area contributed by atoms with E-state index in [-0.39, 0.29) is 47.6 Å². The highest BCUT2D eigenvalue weighted by Crippen LogP contribution is 2.39. The van der Waals surface area contributed by atoms with Gasteiger partial charge in [-0.1, -0.05) is 48.5 Å². The number of sulfone groups is 1. The lowest BCUT2D eigenvalue weighted by molar-refractivity contribution is -0.137. The van der Waals surface area contributed by atoms with Crippen LogP contribution in [0.25, 0.3) is 22.7 Å². The summed E-state index contributed by atoms with van der Waals surface area (Å²) in [6.45, 7) is 3.20. The van der Waals surface area contributed by atoms with Crippen LogP contribution in [-0.2, 0) is 43.4 Å². The summed E-state index contributed by atoms with van der Waals surface area (Å²) in [6, 6.07) is 18.4. The van der Waals surface area contributed by atoms with Gasteiger partial charge in [0.25, 0.3) is 11.8 Å². The molecule has 0 aliphatic carbocycles. The summed E-state index contributed by atoms with van der Waals surface area (Å²) in [5.74, 6) is -6.58. The topological polar surface area (TPSA) is 174 Å². The number of nitrogens with zero attached hydrogens (tertiary/aromatic N) is 5. The molecule has 1 unspecified atom stereocenters. The molecule has 4 heterocycles. The lowest BCUT2D eigenvalue weighted by Crippen LogP contribution is -2.51. The summed E-state index contributed by atoms with van der Waals surface area (Å²) in [4.78, 5) is 46.1. The van der Waals surface area contributed by atoms with E-state index >= 15 is 8.78 Å². The monoisotopic (exact) mass is 882 g/mol. The minimum atomic E-state index is -4.53. The number of alkyl carbamates (subject to hydrolysis) is 1. The van der Waals surface area contributed by atoms with Crippen molar-refractivity contribution >= 4 is 33.6 Å². The number of carbonyl (C=O) groups is 3. The van der Waals surface area contributed by atoms with Crippen molar-refractivity contribution < 1.29 is 58.6 Å². The molecule has 7 rings (SSSR count). The number of halogens is 5. The van der Waals surface area contributed by atoms with E-state index in [1.807, 2.05) is 0 Å². The number of aromatic nitrogens is 3. The average molecular weight is 883 g/mol. The van der Waals surface area contributed by atoms with Crippen LogP contribution in [-0.4, -0.2) is 83.0 Å². The number of carbonyl (C=O) groups excluding carboxylic acids is 3. The summed E-state index contributed by atoms with van der Waals surface area (Å²) < 4.78 is 114. The van der Waals surface area contributed by atoms with Gasteiger partial charge < -0.3 is 29.0 Å². The van der Waals surface area contributed by atoms with Crippen molar-refractivity contribution in [2.24, 2.45) is 0 Å². The summed E-state index contributed by atoms with van der Waals surface area (Å²) >= 11 is 0. The molecule has 5 aromatic rings. The molecular weight excluding hydrogens is 844 g/mol. The third kappa shape index (κ3) is 10.2. The highest BCUT2D eigenvalue weighted by molar-refractivity contribution is 7.91. The van der Waals surface area contributed by atoms with Crippen LogP contribution in [0.2, 0.25) is 0 Å². The fourth-order valence-corrected chi connectivity index (χ4v) is 8.57. The van der Waals surface area contributed by atoms with Crippen LogP contribution in [0.5, 0.6) is 0 Å². The van der Waals surface area contributed by atoms with Gasteiger partial charge in [0.2, 0.25) is 11.8 Å². The van der Waals surface area contributed by atoms with Gasteiger partial charge in [-0.2, -0.15) is 13.2 Å². The molecule has 0 spiro atoms. The average Bonchev–Trinajstić information content (AvgIpc) is 3.69. The second kappa shape index (κ2) is 16.8. The summed E-state index contributed by atoms with van der Waals surface area (Å²) in [5.41, 5.74) is -0.149. The van der Waals surface area contributed by atoms with Crippen LogP contribution in [0.4, 0.5) is 37.2 Å². The Labute approximate surface area is 352 Å². The van der Waals surface area contributed by atoms with Gasteiger partial charge in [0, 0.05) is 30.3 Å². The molecule has 2 aliphatic rings. The smallest absolute Gasteiger partial charge is 0.416 e. The molecule has 326 valence electrons. The predicted octanol–water partition coefficient (Wildman–Crippen LogP) is 7.79. The molecule has 0 saturated carbocycles. The van der Waals surface area contributed by atoms with Gasteiger partial charge in [0.05, 0.1) is 46.6 Å². The Balaban J connectivity index is 1.18. The van der Waals surface area contributed by atoms with E-state index in [2.05, 4.69) is 20.5 Å². The Hall–Kier alpha value is -6.44. The maximum absolute atomic E-state index is 15.0. The van der Waals surface area contributed by atoms with Gasteiger partial charge in [0.15, 0.2) is 9.84 Å². The van der Waals surface area contributed by atoms with Crippen LogP contribution in [0, 0.1) is 0 Å². The van der Waals surface area contributed by atoms with Crippen molar-refractivity contribution in [2.45, 2.75) is 74.9 Å². The minimum absolute atomic E-state index is 0.103.